The van der Waals surface area contributed by atoms with E-state index in [4.69, 9.17) is 9.47 Å². The Morgan fingerprint density at radius 3 is 2.61 bits per heavy atom. The zero-order valence-electron chi connectivity index (χ0n) is 18.7. The lowest BCUT2D eigenvalue weighted by Gasteiger charge is -2.29. The largest absolute Gasteiger partial charge is 0.482 e. The molecule has 174 valence electrons. The number of benzene rings is 1. The maximum atomic E-state index is 12.2. The lowest BCUT2D eigenvalue weighted by molar-refractivity contribution is -0.121. The van der Waals surface area contributed by atoms with Gasteiger partial charge in [0.1, 0.15) is 11.4 Å². The third-order valence-electron chi connectivity index (χ3n) is 4.05. The van der Waals surface area contributed by atoms with E-state index in [1.807, 2.05) is 52.0 Å². The fraction of sp³-hybridized carbons (Fsp3) is 0.571. The van der Waals surface area contributed by atoms with Crippen molar-refractivity contribution in [1.29, 1.82) is 0 Å². The molecule has 2 amide bonds. The van der Waals surface area contributed by atoms with Crippen molar-refractivity contribution in [2.75, 3.05) is 44.2 Å². The number of hydrogen-bond donors (Lipinski definition) is 3. The molecule has 1 aliphatic heterocycles. The summed E-state index contributed by atoms with van der Waals surface area (Å²) < 4.78 is 10.7. The van der Waals surface area contributed by atoms with Gasteiger partial charge in [-0.25, -0.2) is 4.79 Å². The third kappa shape index (κ3) is 9.62. The predicted octanol–water partition coefficient (Wildman–Crippen LogP) is 2.50. The summed E-state index contributed by atoms with van der Waals surface area (Å²) in [6.07, 6.45) is 0.272. The standard InChI is InChI=1S/C21H33N5O4.HI/c1-5-22-19(24-12-13-25-20(28)30-21(2,3)4)23-11-8-14-26-16-9-6-7-10-17(16)29-15-18(26)27;/h6-7,9-10H,5,8,11-15H2,1-4H3,(H,25,28)(H2,22,23,24);1H. The number of fused-ring (bicyclic) bond motifs is 1. The Hall–Kier alpha value is -2.24. The van der Waals surface area contributed by atoms with E-state index in [0.717, 1.165) is 18.0 Å². The molecule has 1 aromatic rings. The molecule has 3 N–H and O–H groups in total. The molecule has 10 heteroatoms. The molecule has 0 aliphatic carbocycles. The maximum Gasteiger partial charge on any atom is 0.407 e. The van der Waals surface area contributed by atoms with Gasteiger partial charge in [-0.1, -0.05) is 12.1 Å². The van der Waals surface area contributed by atoms with Crippen molar-refractivity contribution in [2.24, 2.45) is 4.99 Å². The number of rotatable bonds is 8. The van der Waals surface area contributed by atoms with Crippen LogP contribution in [0.4, 0.5) is 10.5 Å². The maximum absolute atomic E-state index is 12.2. The van der Waals surface area contributed by atoms with E-state index in [1.54, 1.807) is 4.90 Å². The van der Waals surface area contributed by atoms with Crippen molar-refractivity contribution in [3.05, 3.63) is 24.3 Å². The molecule has 0 aromatic heterocycles. The Morgan fingerprint density at radius 2 is 1.90 bits per heavy atom. The molecular formula is C21H34IN5O4. The van der Waals surface area contributed by atoms with E-state index in [0.29, 0.717) is 38.6 Å². The average Bonchev–Trinajstić information content (AvgIpc) is 2.68. The molecule has 9 nitrogen and oxygen atoms in total. The number of halogens is 1. The zero-order valence-corrected chi connectivity index (χ0v) is 21.0. The van der Waals surface area contributed by atoms with Crippen molar-refractivity contribution in [1.82, 2.24) is 16.0 Å². The first-order valence-electron chi connectivity index (χ1n) is 10.3. The first-order chi connectivity index (χ1) is 14.3. The molecule has 1 heterocycles. The Morgan fingerprint density at radius 1 is 1.19 bits per heavy atom. The van der Waals surface area contributed by atoms with Gasteiger partial charge in [0.05, 0.1) is 5.69 Å². The molecule has 2 rings (SSSR count). The summed E-state index contributed by atoms with van der Waals surface area (Å²) >= 11 is 0. The van der Waals surface area contributed by atoms with Crippen LogP contribution in [-0.4, -0.2) is 62.9 Å². The number of anilines is 1. The molecular weight excluding hydrogens is 513 g/mol. The number of guanidine groups is 1. The normalized spacial score (nSPS) is 13.5. The van der Waals surface area contributed by atoms with Crippen LogP contribution in [0.2, 0.25) is 0 Å². The van der Waals surface area contributed by atoms with Gasteiger partial charge in [-0.15, -0.1) is 24.0 Å². The SMILES string of the molecule is CCNC(=NCCCN1C(=O)COc2ccccc21)NCCNC(=O)OC(C)(C)C.I. The molecule has 0 unspecified atom stereocenters. The van der Waals surface area contributed by atoms with Gasteiger partial charge in [-0.05, 0) is 46.2 Å². The van der Waals surface area contributed by atoms with Gasteiger partial charge in [0.2, 0.25) is 0 Å². The van der Waals surface area contributed by atoms with Crippen LogP contribution < -0.4 is 25.6 Å². The van der Waals surface area contributed by atoms with Gasteiger partial charge in [-0.2, -0.15) is 0 Å². The van der Waals surface area contributed by atoms with Crippen LogP contribution in [0.3, 0.4) is 0 Å². The summed E-state index contributed by atoms with van der Waals surface area (Å²) in [5.74, 6) is 1.35. The molecule has 1 aromatic carbocycles. The second kappa shape index (κ2) is 13.2. The Kier molecular flexibility index (Phi) is 11.4. The number of hydrogen-bond acceptors (Lipinski definition) is 5. The highest BCUT2D eigenvalue weighted by atomic mass is 127. The molecule has 31 heavy (non-hydrogen) atoms. The van der Waals surface area contributed by atoms with Crippen LogP contribution >= 0.6 is 24.0 Å². The second-order valence-corrected chi connectivity index (χ2v) is 7.77. The number of nitrogens with zero attached hydrogens (tertiary/aromatic N) is 2. The highest BCUT2D eigenvalue weighted by Gasteiger charge is 2.24. The van der Waals surface area contributed by atoms with Gasteiger partial charge in [0, 0.05) is 32.7 Å². The lowest BCUT2D eigenvalue weighted by atomic mass is 10.2. The van der Waals surface area contributed by atoms with Gasteiger partial charge in [-0.3, -0.25) is 9.79 Å². The summed E-state index contributed by atoms with van der Waals surface area (Å²) in [5, 5.41) is 9.03. The fourth-order valence-electron chi connectivity index (χ4n) is 2.82. The van der Waals surface area contributed by atoms with Crippen molar-refractivity contribution < 1.29 is 19.1 Å². The summed E-state index contributed by atoms with van der Waals surface area (Å²) in [6.45, 7) is 10.3. The topological polar surface area (TPSA) is 104 Å². The molecule has 0 bridgehead atoms. The van der Waals surface area contributed by atoms with Crippen molar-refractivity contribution >= 4 is 47.6 Å². The van der Waals surface area contributed by atoms with Crippen LogP contribution in [0.5, 0.6) is 5.75 Å². The van der Waals surface area contributed by atoms with Gasteiger partial charge < -0.3 is 30.3 Å². The molecule has 0 radical (unpaired) electrons. The highest BCUT2D eigenvalue weighted by Crippen LogP contribution is 2.31. The fourth-order valence-corrected chi connectivity index (χ4v) is 2.82. The summed E-state index contributed by atoms with van der Waals surface area (Å²) in [6, 6.07) is 7.54. The monoisotopic (exact) mass is 547 g/mol. The predicted molar refractivity (Wildman–Crippen MR) is 133 cm³/mol. The minimum Gasteiger partial charge on any atom is -0.482 e. The average molecular weight is 547 g/mol. The Labute approximate surface area is 201 Å². The quantitative estimate of drug-likeness (QED) is 0.200. The molecule has 1 aliphatic rings. The molecule has 0 fully saturated rings. The zero-order chi connectivity index (χ0) is 22.0. The minimum atomic E-state index is -0.518. The highest BCUT2D eigenvalue weighted by molar-refractivity contribution is 14.0. The van der Waals surface area contributed by atoms with Crippen LogP contribution in [0.1, 0.15) is 34.1 Å². The van der Waals surface area contributed by atoms with Crippen LogP contribution in [0.25, 0.3) is 0 Å². The number of carbonyl (C=O) groups is 2. The third-order valence-corrected chi connectivity index (χ3v) is 4.05. The molecule has 0 saturated heterocycles. The van der Waals surface area contributed by atoms with E-state index >= 15 is 0 Å². The van der Waals surface area contributed by atoms with Gasteiger partial charge >= 0.3 is 6.09 Å². The first kappa shape index (κ1) is 26.8. The number of aliphatic imine (C=N–C) groups is 1. The van der Waals surface area contributed by atoms with E-state index in [-0.39, 0.29) is 36.5 Å². The number of carbonyl (C=O) groups excluding carboxylic acids is 2. The van der Waals surface area contributed by atoms with Gasteiger partial charge in [0.15, 0.2) is 12.6 Å². The summed E-state index contributed by atoms with van der Waals surface area (Å²) in [5.41, 5.74) is 0.284. The number of nitrogens with one attached hydrogen (secondary N) is 3. The van der Waals surface area contributed by atoms with Crippen LogP contribution in [0.15, 0.2) is 29.3 Å². The second-order valence-electron chi connectivity index (χ2n) is 7.77. The molecule has 0 spiro atoms. The minimum absolute atomic E-state index is 0. The molecule has 0 saturated carbocycles. The smallest absolute Gasteiger partial charge is 0.407 e. The number of alkyl carbamates (subject to hydrolysis) is 1. The lowest BCUT2D eigenvalue weighted by Crippen LogP contribution is -2.42. The van der Waals surface area contributed by atoms with E-state index in [2.05, 4.69) is 20.9 Å². The van der Waals surface area contributed by atoms with E-state index in [1.165, 1.54) is 0 Å². The van der Waals surface area contributed by atoms with Crippen molar-refractivity contribution in [3.8, 4) is 5.75 Å². The number of ether oxygens (including phenoxy) is 2. The first-order valence-corrected chi connectivity index (χ1v) is 10.3. The van der Waals surface area contributed by atoms with E-state index < -0.39 is 11.7 Å². The summed E-state index contributed by atoms with van der Waals surface area (Å²) in [7, 11) is 0. The Balaban J connectivity index is 0.00000480. The van der Waals surface area contributed by atoms with Crippen molar-refractivity contribution in [3.63, 3.8) is 0 Å². The number of amides is 2. The Bertz CT molecular complexity index is 752. The van der Waals surface area contributed by atoms with E-state index in [9.17, 15) is 9.59 Å². The van der Waals surface area contributed by atoms with Crippen LogP contribution in [-0.2, 0) is 9.53 Å². The van der Waals surface area contributed by atoms with Gasteiger partial charge in [0.25, 0.3) is 5.91 Å². The molecule has 0 atom stereocenters. The van der Waals surface area contributed by atoms with Crippen LogP contribution in [0, 0.1) is 0 Å². The summed E-state index contributed by atoms with van der Waals surface area (Å²) in [4.78, 5) is 30.1. The van der Waals surface area contributed by atoms with Crippen molar-refractivity contribution in [2.45, 2.75) is 39.7 Å². The number of para-hydroxylation sites is 2.